The number of hydrogen-bond acceptors (Lipinski definition) is 2. The maximum Gasteiger partial charge on any atom is 0.303 e. The van der Waals surface area contributed by atoms with Crippen LogP contribution in [0.4, 0.5) is 0 Å². The number of carboxylic acids is 1. The van der Waals surface area contributed by atoms with Crippen molar-refractivity contribution in [3.8, 4) is 0 Å². The van der Waals surface area contributed by atoms with Gasteiger partial charge >= 0.3 is 5.97 Å². The van der Waals surface area contributed by atoms with Crippen LogP contribution in [0.15, 0.2) is 24.3 Å². The van der Waals surface area contributed by atoms with Crippen LogP contribution in [0.3, 0.4) is 0 Å². The molecule has 0 radical (unpaired) electrons. The van der Waals surface area contributed by atoms with Crippen LogP contribution < -0.4 is 0 Å². The summed E-state index contributed by atoms with van der Waals surface area (Å²) in [6, 6.07) is 0. The minimum Gasteiger partial charge on any atom is -0.481 e. The molecular formula is C38H72O3. The van der Waals surface area contributed by atoms with E-state index < -0.39 is 5.97 Å². The average Bonchev–Trinajstić information content (AvgIpc) is 2.96. The van der Waals surface area contributed by atoms with Gasteiger partial charge in [-0.3, -0.25) is 9.59 Å². The minimum absolute atomic E-state index is 0.339. The van der Waals surface area contributed by atoms with E-state index in [1.54, 1.807) is 0 Å². The van der Waals surface area contributed by atoms with Gasteiger partial charge in [-0.2, -0.15) is 0 Å². The van der Waals surface area contributed by atoms with Gasteiger partial charge in [-0.15, -0.1) is 0 Å². The topological polar surface area (TPSA) is 54.4 Å². The Labute approximate surface area is 257 Å². The summed E-state index contributed by atoms with van der Waals surface area (Å²) in [6.45, 7) is 6.71. The zero-order chi connectivity index (χ0) is 30.5. The Morgan fingerprint density at radius 3 is 1.20 bits per heavy atom. The van der Waals surface area contributed by atoms with Crippen molar-refractivity contribution >= 4 is 11.8 Å². The molecule has 0 fully saturated rings. The monoisotopic (exact) mass is 577 g/mol. The van der Waals surface area contributed by atoms with E-state index in [9.17, 15) is 9.59 Å². The van der Waals surface area contributed by atoms with Crippen LogP contribution in [0.25, 0.3) is 0 Å². The molecule has 41 heavy (non-hydrogen) atoms. The number of aliphatic carboxylic acids is 1. The molecule has 242 valence electrons. The first-order valence-electron chi connectivity index (χ1n) is 18.1. The Morgan fingerprint density at radius 1 is 0.390 bits per heavy atom. The number of allylic oxidation sites excluding steroid dienone is 4. The summed E-state index contributed by atoms with van der Waals surface area (Å²) in [7, 11) is 0. The van der Waals surface area contributed by atoms with E-state index in [0.717, 1.165) is 38.5 Å². The van der Waals surface area contributed by atoms with Crippen molar-refractivity contribution in [2.24, 2.45) is 0 Å². The van der Waals surface area contributed by atoms with Crippen LogP contribution in [-0.2, 0) is 9.59 Å². The molecule has 0 rings (SSSR count). The molecule has 0 heterocycles. The molecule has 0 atom stereocenters. The van der Waals surface area contributed by atoms with E-state index >= 15 is 0 Å². The van der Waals surface area contributed by atoms with E-state index in [1.165, 1.54) is 141 Å². The van der Waals surface area contributed by atoms with Gasteiger partial charge in [0.1, 0.15) is 5.78 Å². The first kappa shape index (κ1) is 41.8. The summed E-state index contributed by atoms with van der Waals surface area (Å²) in [4.78, 5) is 22.0. The molecule has 0 bridgehead atoms. The lowest BCUT2D eigenvalue weighted by Crippen LogP contribution is -1.96. The maximum absolute atomic E-state index is 11.6. The lowest BCUT2D eigenvalue weighted by atomic mass is 10.0. The van der Waals surface area contributed by atoms with E-state index in [4.69, 9.17) is 5.11 Å². The summed E-state index contributed by atoms with van der Waals surface area (Å²) in [5.74, 6) is -0.205. The standard InChI is InChI=1S/C20H38O2.C18H34O/c1-2-3-4-5-6-7-8-9-10-11-12-13-14-15-16-17-18-19-20(21)22;1-3-5-7-9-11-13-15-17-18(19)16-14-12-10-8-6-4-2/h7-8H,2-6,9-19H2,1H3,(H,21,22);10,12H,3-9,11,13-17H2,1-2H3/b8-7-;12-10-. The smallest absolute Gasteiger partial charge is 0.303 e. The Bertz CT molecular complexity index is 578. The van der Waals surface area contributed by atoms with Crippen LogP contribution in [0.1, 0.15) is 207 Å². The Morgan fingerprint density at radius 2 is 0.732 bits per heavy atom. The highest BCUT2D eigenvalue weighted by atomic mass is 16.4. The lowest BCUT2D eigenvalue weighted by Gasteiger charge is -2.01. The van der Waals surface area contributed by atoms with Crippen molar-refractivity contribution in [3.63, 3.8) is 0 Å². The highest BCUT2D eigenvalue weighted by Gasteiger charge is 2.00. The third-order valence-corrected chi connectivity index (χ3v) is 7.69. The van der Waals surface area contributed by atoms with Crippen LogP contribution in [0.2, 0.25) is 0 Å². The Balaban J connectivity index is 0. The SMILES string of the molecule is CCCC/C=C\CCC(=O)CCCCCCCCC.CCCCCC/C=C\CCCCCCCCCCCC(=O)O. The van der Waals surface area contributed by atoms with Crippen LogP contribution in [0.5, 0.6) is 0 Å². The molecule has 0 aromatic rings. The van der Waals surface area contributed by atoms with Gasteiger partial charge in [0.2, 0.25) is 0 Å². The number of carbonyl (C=O) groups is 2. The van der Waals surface area contributed by atoms with Crippen molar-refractivity contribution in [3.05, 3.63) is 24.3 Å². The van der Waals surface area contributed by atoms with Crippen molar-refractivity contribution in [1.82, 2.24) is 0 Å². The van der Waals surface area contributed by atoms with Crippen LogP contribution in [0, 0.1) is 0 Å². The first-order chi connectivity index (χ1) is 20.1. The molecule has 0 saturated heterocycles. The fourth-order valence-electron chi connectivity index (χ4n) is 4.91. The summed E-state index contributed by atoms with van der Waals surface area (Å²) >= 11 is 0. The molecule has 0 aliphatic carbocycles. The normalized spacial score (nSPS) is 11.3. The van der Waals surface area contributed by atoms with Gasteiger partial charge in [0.15, 0.2) is 0 Å². The molecule has 0 unspecified atom stereocenters. The quantitative estimate of drug-likeness (QED) is 0.0659. The fourth-order valence-corrected chi connectivity index (χ4v) is 4.91. The van der Waals surface area contributed by atoms with E-state index in [-0.39, 0.29) is 0 Å². The molecule has 1 N–H and O–H groups in total. The summed E-state index contributed by atoms with van der Waals surface area (Å²) < 4.78 is 0. The van der Waals surface area contributed by atoms with Gasteiger partial charge in [0.05, 0.1) is 0 Å². The van der Waals surface area contributed by atoms with Gasteiger partial charge in [0.25, 0.3) is 0 Å². The highest BCUT2D eigenvalue weighted by molar-refractivity contribution is 5.78. The van der Waals surface area contributed by atoms with Crippen molar-refractivity contribution in [2.45, 2.75) is 207 Å². The van der Waals surface area contributed by atoms with Crippen molar-refractivity contribution < 1.29 is 14.7 Å². The van der Waals surface area contributed by atoms with Crippen molar-refractivity contribution in [1.29, 1.82) is 0 Å². The second-order valence-corrected chi connectivity index (χ2v) is 12.0. The highest BCUT2D eigenvalue weighted by Crippen LogP contribution is 2.12. The average molecular weight is 577 g/mol. The Hall–Kier alpha value is -1.38. The van der Waals surface area contributed by atoms with Gasteiger partial charge in [-0.05, 0) is 51.4 Å². The third kappa shape index (κ3) is 43.2. The summed E-state index contributed by atoms with van der Waals surface area (Å²) in [5, 5.41) is 8.53. The van der Waals surface area contributed by atoms with Crippen molar-refractivity contribution in [2.75, 3.05) is 0 Å². The maximum atomic E-state index is 11.6. The molecule has 0 saturated carbocycles. The van der Waals surface area contributed by atoms with Gasteiger partial charge < -0.3 is 5.11 Å². The molecule has 0 aliphatic rings. The number of hydrogen-bond donors (Lipinski definition) is 1. The van der Waals surface area contributed by atoms with Gasteiger partial charge in [0, 0.05) is 19.3 Å². The molecule has 0 aromatic heterocycles. The third-order valence-electron chi connectivity index (χ3n) is 7.69. The Kier molecular flexibility index (Phi) is 39.3. The van der Waals surface area contributed by atoms with E-state index in [1.807, 2.05) is 0 Å². The molecule has 3 nitrogen and oxygen atoms in total. The number of carboxylic acid groups (broad SMARTS) is 1. The number of Topliss-reactive ketones (excluding diaryl/α,β-unsaturated/α-hetero) is 1. The molecule has 3 heteroatoms. The first-order valence-corrected chi connectivity index (χ1v) is 18.1. The minimum atomic E-state index is -0.657. The number of unbranched alkanes of at least 4 members (excludes halogenated alkanes) is 21. The molecule has 0 amide bonds. The second kappa shape index (κ2) is 38.6. The fraction of sp³-hybridized carbons (Fsp3) is 0.842. The largest absolute Gasteiger partial charge is 0.481 e. The zero-order valence-corrected chi connectivity index (χ0v) is 28.1. The molecule has 0 aromatic carbocycles. The zero-order valence-electron chi connectivity index (χ0n) is 28.1. The number of rotatable bonds is 31. The van der Waals surface area contributed by atoms with Gasteiger partial charge in [-0.1, -0.05) is 161 Å². The molecule has 0 aliphatic heterocycles. The van der Waals surface area contributed by atoms with Gasteiger partial charge in [-0.25, -0.2) is 0 Å². The number of carbonyl (C=O) groups excluding carboxylic acids is 1. The second-order valence-electron chi connectivity index (χ2n) is 12.0. The summed E-state index contributed by atoms with van der Waals surface area (Å²) in [6.07, 6.45) is 43.8. The lowest BCUT2D eigenvalue weighted by molar-refractivity contribution is -0.137. The predicted molar refractivity (Wildman–Crippen MR) is 182 cm³/mol. The van der Waals surface area contributed by atoms with E-state index in [2.05, 4.69) is 45.1 Å². The molecule has 0 spiro atoms. The summed E-state index contributed by atoms with van der Waals surface area (Å²) in [5.41, 5.74) is 0. The van der Waals surface area contributed by atoms with E-state index in [0.29, 0.717) is 12.2 Å². The van der Waals surface area contributed by atoms with Crippen LogP contribution >= 0.6 is 0 Å². The number of ketones is 1. The molecular weight excluding hydrogens is 504 g/mol. The van der Waals surface area contributed by atoms with Crippen LogP contribution in [-0.4, -0.2) is 16.9 Å². The predicted octanol–water partition coefficient (Wildman–Crippen LogP) is 13.1.